The van der Waals surface area contributed by atoms with Crippen LogP contribution in [0.2, 0.25) is 0 Å². The van der Waals surface area contributed by atoms with Crippen molar-refractivity contribution < 1.29 is 9.90 Å². The summed E-state index contributed by atoms with van der Waals surface area (Å²) in [7, 11) is 0. The Morgan fingerprint density at radius 1 is 1.41 bits per heavy atom. The number of likely N-dealkylation sites (tertiary alicyclic amines) is 1. The highest BCUT2D eigenvalue weighted by molar-refractivity contribution is 6.18. The van der Waals surface area contributed by atoms with Crippen molar-refractivity contribution in [3.63, 3.8) is 0 Å². The van der Waals surface area contributed by atoms with Crippen LogP contribution < -0.4 is 0 Å². The summed E-state index contributed by atoms with van der Waals surface area (Å²) in [5.74, 6) is 1.30. The fourth-order valence-electron chi connectivity index (χ4n) is 2.15. The summed E-state index contributed by atoms with van der Waals surface area (Å²) < 4.78 is 0. The summed E-state index contributed by atoms with van der Waals surface area (Å²) in [6.45, 7) is 1.40. The smallest absolute Gasteiger partial charge is 0.222 e. The third-order valence-corrected chi connectivity index (χ3v) is 3.59. The number of nitrogens with zero attached hydrogens (tertiary/aromatic N) is 1. The maximum absolute atomic E-state index is 11.7. The number of halogens is 1. The van der Waals surface area contributed by atoms with E-state index in [4.69, 9.17) is 11.6 Å². The normalized spacial score (nSPS) is 19.9. The molecule has 1 aromatic rings. The summed E-state index contributed by atoms with van der Waals surface area (Å²) in [5.41, 5.74) is 0.884. The van der Waals surface area contributed by atoms with Gasteiger partial charge >= 0.3 is 0 Å². The quantitative estimate of drug-likeness (QED) is 0.834. The summed E-state index contributed by atoms with van der Waals surface area (Å²) in [4.78, 5) is 13.5. The third-order valence-electron chi connectivity index (χ3n) is 3.16. The van der Waals surface area contributed by atoms with Crippen molar-refractivity contribution in [1.82, 2.24) is 4.90 Å². The number of amides is 1. The minimum absolute atomic E-state index is 0.172. The van der Waals surface area contributed by atoms with Crippen LogP contribution in [0.25, 0.3) is 0 Å². The van der Waals surface area contributed by atoms with E-state index in [9.17, 15) is 9.90 Å². The van der Waals surface area contributed by atoms with Crippen LogP contribution in [-0.2, 0) is 11.2 Å². The van der Waals surface area contributed by atoms with Gasteiger partial charge in [0.25, 0.3) is 0 Å². The van der Waals surface area contributed by atoms with E-state index in [1.807, 2.05) is 17.0 Å². The van der Waals surface area contributed by atoms with Gasteiger partial charge in [-0.15, -0.1) is 11.6 Å². The molecule has 17 heavy (non-hydrogen) atoms. The van der Waals surface area contributed by atoms with Crippen molar-refractivity contribution in [2.45, 2.75) is 12.8 Å². The Kier molecular flexibility index (Phi) is 3.89. The zero-order valence-electron chi connectivity index (χ0n) is 9.60. The first kappa shape index (κ1) is 12.2. The van der Waals surface area contributed by atoms with E-state index in [1.54, 1.807) is 12.1 Å². The minimum atomic E-state index is 0.172. The summed E-state index contributed by atoms with van der Waals surface area (Å²) >= 11 is 5.76. The number of carbonyl (C=O) groups is 1. The van der Waals surface area contributed by atoms with Gasteiger partial charge in [-0.3, -0.25) is 4.79 Å². The van der Waals surface area contributed by atoms with Crippen molar-refractivity contribution in [3.8, 4) is 5.75 Å². The summed E-state index contributed by atoms with van der Waals surface area (Å²) in [5, 5.41) is 9.62. The van der Waals surface area contributed by atoms with Crippen LogP contribution in [0.3, 0.4) is 0 Å². The van der Waals surface area contributed by atoms with E-state index in [2.05, 4.69) is 0 Å². The molecule has 0 aromatic heterocycles. The molecule has 1 heterocycles. The number of aromatic hydroxyl groups is 1. The molecule has 4 heteroatoms. The van der Waals surface area contributed by atoms with Gasteiger partial charge in [0.2, 0.25) is 5.91 Å². The first-order chi connectivity index (χ1) is 8.20. The van der Waals surface area contributed by atoms with Crippen molar-refractivity contribution in [1.29, 1.82) is 0 Å². The number of carbonyl (C=O) groups excluding carboxylic acids is 1. The second kappa shape index (κ2) is 5.41. The average Bonchev–Trinajstić information content (AvgIpc) is 2.69. The molecular weight excluding hydrogens is 238 g/mol. The molecule has 1 saturated heterocycles. The fraction of sp³-hybridized carbons (Fsp3) is 0.462. The summed E-state index contributed by atoms with van der Waals surface area (Å²) in [6, 6.07) is 7.24. The maximum Gasteiger partial charge on any atom is 0.222 e. The molecule has 92 valence electrons. The number of benzene rings is 1. The lowest BCUT2D eigenvalue weighted by Gasteiger charge is -2.16. The number of para-hydroxylation sites is 1. The van der Waals surface area contributed by atoms with Crippen molar-refractivity contribution >= 4 is 17.5 Å². The molecule has 0 bridgehead atoms. The first-order valence-corrected chi connectivity index (χ1v) is 6.34. The largest absolute Gasteiger partial charge is 0.508 e. The molecule has 1 amide bonds. The van der Waals surface area contributed by atoms with Gasteiger partial charge < -0.3 is 10.0 Å². The van der Waals surface area contributed by atoms with Crippen LogP contribution in [0, 0.1) is 5.92 Å². The molecule has 3 nitrogen and oxygen atoms in total. The van der Waals surface area contributed by atoms with E-state index in [1.165, 1.54) is 0 Å². The lowest BCUT2D eigenvalue weighted by Crippen LogP contribution is -2.27. The highest BCUT2D eigenvalue weighted by Gasteiger charge is 2.28. The Morgan fingerprint density at radius 2 is 2.18 bits per heavy atom. The lowest BCUT2D eigenvalue weighted by atomic mass is 10.1. The van der Waals surface area contributed by atoms with Gasteiger partial charge in [-0.1, -0.05) is 18.2 Å². The van der Waals surface area contributed by atoms with Crippen LogP contribution in [0.15, 0.2) is 24.3 Å². The molecule has 1 aliphatic heterocycles. The molecule has 1 unspecified atom stereocenters. The lowest BCUT2D eigenvalue weighted by molar-refractivity contribution is -0.127. The van der Waals surface area contributed by atoms with Crippen molar-refractivity contribution in [2.24, 2.45) is 5.92 Å². The predicted molar refractivity (Wildman–Crippen MR) is 67.2 cm³/mol. The average molecular weight is 254 g/mol. The monoisotopic (exact) mass is 253 g/mol. The molecule has 0 spiro atoms. The number of hydrogen-bond donors (Lipinski definition) is 1. The van der Waals surface area contributed by atoms with E-state index < -0.39 is 0 Å². The first-order valence-electron chi connectivity index (χ1n) is 5.81. The van der Waals surface area contributed by atoms with Gasteiger partial charge in [0.15, 0.2) is 0 Å². The highest BCUT2D eigenvalue weighted by Crippen LogP contribution is 2.21. The van der Waals surface area contributed by atoms with Crippen LogP contribution in [0.4, 0.5) is 0 Å². The third kappa shape index (κ3) is 2.91. The van der Waals surface area contributed by atoms with E-state index in [0.717, 1.165) is 12.1 Å². The van der Waals surface area contributed by atoms with Crippen LogP contribution >= 0.6 is 11.6 Å². The fourth-order valence-corrected chi connectivity index (χ4v) is 2.36. The topological polar surface area (TPSA) is 40.5 Å². The molecule has 1 aliphatic rings. The molecule has 0 saturated carbocycles. The van der Waals surface area contributed by atoms with Gasteiger partial charge in [-0.05, 0) is 24.0 Å². The molecule has 2 rings (SSSR count). The van der Waals surface area contributed by atoms with Crippen LogP contribution in [0.1, 0.15) is 12.0 Å². The predicted octanol–water partition coefficient (Wildman–Crippen LogP) is 2.02. The number of phenols is 1. The number of hydrogen-bond acceptors (Lipinski definition) is 2. The Balaban J connectivity index is 1.91. The van der Waals surface area contributed by atoms with Gasteiger partial charge in [-0.25, -0.2) is 0 Å². The molecule has 0 radical (unpaired) electrons. The van der Waals surface area contributed by atoms with Crippen LogP contribution in [-0.4, -0.2) is 34.9 Å². The highest BCUT2D eigenvalue weighted by atomic mass is 35.5. The van der Waals surface area contributed by atoms with E-state index in [-0.39, 0.29) is 11.8 Å². The standard InChI is InChI=1S/C13H16ClNO2/c14-8-10-7-13(17)15(9-10)6-5-11-3-1-2-4-12(11)16/h1-4,10,16H,5-9H2. The number of phenolic OH excluding ortho intramolecular Hbond substituents is 1. The Bertz CT molecular complexity index is 408. The van der Waals surface area contributed by atoms with Crippen molar-refractivity contribution in [2.75, 3.05) is 19.0 Å². The zero-order valence-corrected chi connectivity index (χ0v) is 10.4. The van der Waals surface area contributed by atoms with Crippen molar-refractivity contribution in [3.05, 3.63) is 29.8 Å². The molecule has 1 aromatic carbocycles. The van der Waals surface area contributed by atoms with Gasteiger partial charge in [-0.2, -0.15) is 0 Å². The molecule has 1 N–H and O–H groups in total. The van der Waals surface area contributed by atoms with Gasteiger partial charge in [0.1, 0.15) is 5.75 Å². The van der Waals surface area contributed by atoms with Gasteiger partial charge in [0.05, 0.1) is 0 Å². The van der Waals surface area contributed by atoms with E-state index >= 15 is 0 Å². The molecular formula is C13H16ClNO2. The van der Waals surface area contributed by atoms with Crippen LogP contribution in [0.5, 0.6) is 5.75 Å². The Labute approximate surface area is 106 Å². The molecule has 1 fully saturated rings. The summed E-state index contributed by atoms with van der Waals surface area (Å²) in [6.07, 6.45) is 1.25. The van der Waals surface area contributed by atoms with E-state index in [0.29, 0.717) is 31.0 Å². The van der Waals surface area contributed by atoms with Gasteiger partial charge in [0, 0.05) is 25.4 Å². The SMILES string of the molecule is O=C1CC(CCl)CN1CCc1ccccc1O. The number of rotatable bonds is 4. The molecule has 0 aliphatic carbocycles. The Morgan fingerprint density at radius 3 is 2.82 bits per heavy atom. The molecule has 1 atom stereocenters. The Hall–Kier alpha value is -1.22. The number of alkyl halides is 1. The zero-order chi connectivity index (χ0) is 12.3. The second-order valence-electron chi connectivity index (χ2n) is 4.44. The maximum atomic E-state index is 11.7. The minimum Gasteiger partial charge on any atom is -0.508 e. The second-order valence-corrected chi connectivity index (χ2v) is 4.75.